The van der Waals surface area contributed by atoms with Gasteiger partial charge >= 0.3 is 5.97 Å². The maximum Gasteiger partial charge on any atom is 0.312 e. The molecule has 0 saturated heterocycles. The molecule has 0 bridgehead atoms. The molecule has 0 atom stereocenters. The van der Waals surface area contributed by atoms with Gasteiger partial charge in [0.05, 0.1) is 29.2 Å². The summed E-state index contributed by atoms with van der Waals surface area (Å²) in [6.07, 6.45) is 0.100. The second-order valence-electron chi connectivity index (χ2n) is 6.07. The summed E-state index contributed by atoms with van der Waals surface area (Å²) in [7, 11) is 0. The minimum Gasteiger partial charge on any atom is -0.493 e. The van der Waals surface area contributed by atoms with Gasteiger partial charge in [-0.25, -0.2) is 4.98 Å². The predicted octanol–water partition coefficient (Wildman–Crippen LogP) is 5.21. The van der Waals surface area contributed by atoms with E-state index in [1.54, 1.807) is 17.4 Å². The molecule has 148 valence electrons. The Bertz CT molecular complexity index is 1090. The SMILES string of the molecule is CCOc1ccccc1-c1nc(CC(=O)OCc2cc(-c3cccs3)on2)cs1. The number of para-hydroxylation sites is 1. The van der Waals surface area contributed by atoms with Crippen molar-refractivity contribution in [1.29, 1.82) is 0 Å². The highest BCUT2D eigenvalue weighted by Crippen LogP contribution is 2.32. The summed E-state index contributed by atoms with van der Waals surface area (Å²) in [5.74, 6) is 1.09. The third-order valence-corrected chi connectivity index (χ3v) is 5.81. The molecule has 0 saturated carbocycles. The maximum absolute atomic E-state index is 12.2. The number of aromatic nitrogens is 2. The molecular formula is C21H18N2O4S2. The number of carbonyl (C=O) groups is 1. The third kappa shape index (κ3) is 4.72. The van der Waals surface area contributed by atoms with Crippen LogP contribution in [0.3, 0.4) is 0 Å². The molecule has 0 aliphatic carbocycles. The monoisotopic (exact) mass is 426 g/mol. The highest BCUT2D eigenvalue weighted by Gasteiger charge is 2.14. The van der Waals surface area contributed by atoms with Crippen LogP contribution in [-0.2, 0) is 22.6 Å². The second kappa shape index (κ2) is 9.02. The molecule has 0 radical (unpaired) electrons. The van der Waals surface area contributed by atoms with Crippen LogP contribution in [0, 0.1) is 0 Å². The van der Waals surface area contributed by atoms with E-state index in [0.717, 1.165) is 21.2 Å². The van der Waals surface area contributed by atoms with Crippen LogP contribution in [0.15, 0.2) is 57.7 Å². The van der Waals surface area contributed by atoms with Crippen LogP contribution in [0.5, 0.6) is 5.75 Å². The molecule has 4 aromatic rings. The largest absolute Gasteiger partial charge is 0.493 e. The number of hydrogen-bond donors (Lipinski definition) is 0. The van der Waals surface area contributed by atoms with Crippen LogP contribution in [0.4, 0.5) is 0 Å². The number of hydrogen-bond acceptors (Lipinski definition) is 8. The molecule has 4 rings (SSSR count). The van der Waals surface area contributed by atoms with E-state index in [9.17, 15) is 4.79 Å². The molecule has 0 spiro atoms. The average molecular weight is 427 g/mol. The number of ether oxygens (including phenoxy) is 2. The van der Waals surface area contributed by atoms with Crippen molar-refractivity contribution in [3.05, 3.63) is 64.6 Å². The number of thiazole rings is 1. The van der Waals surface area contributed by atoms with Crippen LogP contribution in [0.1, 0.15) is 18.3 Å². The summed E-state index contributed by atoms with van der Waals surface area (Å²) in [4.78, 5) is 17.7. The molecule has 0 N–H and O–H groups in total. The second-order valence-corrected chi connectivity index (χ2v) is 7.88. The van der Waals surface area contributed by atoms with Crippen molar-refractivity contribution >= 4 is 28.6 Å². The molecule has 0 fully saturated rings. The fourth-order valence-electron chi connectivity index (χ4n) is 2.70. The molecule has 0 amide bonds. The lowest BCUT2D eigenvalue weighted by molar-refractivity contribution is -0.144. The van der Waals surface area contributed by atoms with Gasteiger partial charge in [-0.05, 0) is 30.5 Å². The Labute approximate surface area is 175 Å². The number of benzene rings is 1. The van der Waals surface area contributed by atoms with Crippen molar-refractivity contribution in [1.82, 2.24) is 10.1 Å². The zero-order valence-electron chi connectivity index (χ0n) is 15.7. The summed E-state index contributed by atoms with van der Waals surface area (Å²) < 4.78 is 16.3. The Morgan fingerprint density at radius 3 is 2.86 bits per heavy atom. The molecule has 1 aromatic carbocycles. The fraction of sp³-hybridized carbons (Fsp3) is 0.190. The number of rotatable bonds is 8. The molecule has 3 heterocycles. The molecular weight excluding hydrogens is 408 g/mol. The molecule has 6 nitrogen and oxygen atoms in total. The first-order valence-corrected chi connectivity index (χ1v) is 10.8. The van der Waals surface area contributed by atoms with E-state index >= 15 is 0 Å². The minimum atomic E-state index is -0.361. The van der Waals surface area contributed by atoms with Gasteiger partial charge < -0.3 is 14.0 Å². The Kier molecular flexibility index (Phi) is 6.02. The summed E-state index contributed by atoms with van der Waals surface area (Å²) >= 11 is 3.04. The van der Waals surface area contributed by atoms with Crippen molar-refractivity contribution in [3.8, 4) is 27.0 Å². The van der Waals surface area contributed by atoms with Crippen LogP contribution in [-0.4, -0.2) is 22.7 Å². The van der Waals surface area contributed by atoms with E-state index in [1.165, 1.54) is 11.3 Å². The Morgan fingerprint density at radius 1 is 1.14 bits per heavy atom. The van der Waals surface area contributed by atoms with Gasteiger partial charge in [0.25, 0.3) is 0 Å². The molecule has 29 heavy (non-hydrogen) atoms. The summed E-state index contributed by atoms with van der Waals surface area (Å²) in [5, 5.41) is 8.59. The number of esters is 1. The van der Waals surface area contributed by atoms with Crippen LogP contribution < -0.4 is 4.74 Å². The molecule has 0 aliphatic rings. The highest BCUT2D eigenvalue weighted by atomic mass is 32.1. The van der Waals surface area contributed by atoms with E-state index in [-0.39, 0.29) is 19.0 Å². The maximum atomic E-state index is 12.2. The normalized spacial score (nSPS) is 10.8. The zero-order chi connectivity index (χ0) is 20.1. The van der Waals surface area contributed by atoms with Crippen molar-refractivity contribution < 1.29 is 18.8 Å². The molecule has 8 heteroatoms. The summed E-state index contributed by atoms with van der Waals surface area (Å²) in [6.45, 7) is 2.59. The number of carbonyl (C=O) groups excluding carboxylic acids is 1. The first-order chi connectivity index (χ1) is 14.2. The van der Waals surface area contributed by atoms with Gasteiger partial charge in [-0.1, -0.05) is 23.4 Å². The molecule has 3 aromatic heterocycles. The van der Waals surface area contributed by atoms with Crippen molar-refractivity contribution in [2.24, 2.45) is 0 Å². The van der Waals surface area contributed by atoms with Crippen LogP contribution >= 0.6 is 22.7 Å². The van der Waals surface area contributed by atoms with E-state index in [4.69, 9.17) is 14.0 Å². The Balaban J connectivity index is 1.35. The van der Waals surface area contributed by atoms with Crippen molar-refractivity contribution in [2.75, 3.05) is 6.61 Å². The van der Waals surface area contributed by atoms with Gasteiger partial charge in [0.2, 0.25) is 0 Å². The third-order valence-electron chi connectivity index (χ3n) is 4.00. The fourth-order valence-corrected chi connectivity index (χ4v) is 4.23. The van der Waals surface area contributed by atoms with Crippen LogP contribution in [0.2, 0.25) is 0 Å². The highest BCUT2D eigenvalue weighted by molar-refractivity contribution is 7.13. The lowest BCUT2D eigenvalue weighted by Gasteiger charge is -2.07. The van der Waals surface area contributed by atoms with Gasteiger partial charge in [-0.3, -0.25) is 4.79 Å². The number of nitrogens with zero attached hydrogens (tertiary/aromatic N) is 2. The molecule has 0 unspecified atom stereocenters. The van der Waals surface area contributed by atoms with Gasteiger partial charge in [0, 0.05) is 11.4 Å². The van der Waals surface area contributed by atoms with E-state index in [1.807, 2.05) is 54.1 Å². The zero-order valence-corrected chi connectivity index (χ0v) is 17.3. The van der Waals surface area contributed by atoms with Crippen LogP contribution in [0.25, 0.3) is 21.2 Å². The summed E-state index contributed by atoms with van der Waals surface area (Å²) in [5.41, 5.74) is 2.16. The Morgan fingerprint density at radius 2 is 2.03 bits per heavy atom. The lowest BCUT2D eigenvalue weighted by atomic mass is 10.2. The lowest BCUT2D eigenvalue weighted by Crippen LogP contribution is -2.08. The van der Waals surface area contributed by atoms with Gasteiger partial charge in [0.15, 0.2) is 5.76 Å². The molecule has 0 aliphatic heterocycles. The number of thiophene rings is 1. The Hall–Kier alpha value is -2.97. The minimum absolute atomic E-state index is 0.0673. The predicted molar refractivity (Wildman–Crippen MR) is 112 cm³/mol. The summed E-state index contributed by atoms with van der Waals surface area (Å²) in [6, 6.07) is 13.4. The van der Waals surface area contributed by atoms with E-state index in [2.05, 4.69) is 10.1 Å². The smallest absolute Gasteiger partial charge is 0.312 e. The van der Waals surface area contributed by atoms with E-state index < -0.39 is 0 Å². The van der Waals surface area contributed by atoms with Crippen molar-refractivity contribution in [3.63, 3.8) is 0 Å². The first-order valence-electron chi connectivity index (χ1n) is 9.04. The average Bonchev–Trinajstić information content (AvgIpc) is 3.48. The van der Waals surface area contributed by atoms with Gasteiger partial charge in [-0.2, -0.15) is 0 Å². The quantitative estimate of drug-likeness (QED) is 0.360. The van der Waals surface area contributed by atoms with Crippen molar-refractivity contribution in [2.45, 2.75) is 20.0 Å². The van der Waals surface area contributed by atoms with E-state index in [0.29, 0.717) is 23.8 Å². The van der Waals surface area contributed by atoms with Gasteiger partial charge in [-0.15, -0.1) is 22.7 Å². The topological polar surface area (TPSA) is 74.5 Å². The standard InChI is InChI=1S/C21H18N2O4S2/c1-2-25-17-7-4-3-6-16(17)21-22-15(13-29-21)11-20(24)26-12-14-10-18(27-23-14)19-8-5-9-28-19/h3-10,13H,2,11-12H2,1H3. The van der Waals surface area contributed by atoms with Gasteiger partial charge in [0.1, 0.15) is 23.1 Å². The first kappa shape index (κ1) is 19.4.